The molecule has 0 spiro atoms. The van der Waals surface area contributed by atoms with Crippen molar-refractivity contribution in [2.45, 2.75) is 79.4 Å². The molecular formula is C33H44N2O3. The van der Waals surface area contributed by atoms with E-state index in [-0.39, 0.29) is 16.8 Å². The van der Waals surface area contributed by atoms with Crippen LogP contribution in [0.1, 0.15) is 70.6 Å². The number of aryl methyl sites for hydroxylation is 2. The van der Waals surface area contributed by atoms with Gasteiger partial charge in [-0.15, -0.1) is 0 Å². The van der Waals surface area contributed by atoms with Crippen LogP contribution in [0.25, 0.3) is 6.08 Å². The van der Waals surface area contributed by atoms with Gasteiger partial charge in [-0.1, -0.05) is 57.7 Å². The molecule has 1 unspecified atom stereocenters. The van der Waals surface area contributed by atoms with E-state index in [4.69, 9.17) is 9.73 Å². The summed E-state index contributed by atoms with van der Waals surface area (Å²) in [4.78, 5) is 20.2. The fourth-order valence-electron chi connectivity index (χ4n) is 4.60. The smallest absolute Gasteiger partial charge is 0.189 e. The van der Waals surface area contributed by atoms with Crippen LogP contribution in [-0.2, 0) is 4.79 Å². The van der Waals surface area contributed by atoms with E-state index in [1.165, 1.54) is 0 Å². The maximum absolute atomic E-state index is 13.4. The molecule has 1 atom stereocenters. The first kappa shape index (κ1) is 29.4. The fourth-order valence-corrected chi connectivity index (χ4v) is 4.60. The number of rotatable bonds is 9. The van der Waals surface area contributed by atoms with Crippen LogP contribution in [0.2, 0.25) is 0 Å². The summed E-state index contributed by atoms with van der Waals surface area (Å²) in [6, 6.07) is 4.13. The quantitative estimate of drug-likeness (QED) is 0.286. The third-order valence-corrected chi connectivity index (χ3v) is 8.05. The first-order chi connectivity index (χ1) is 17.9. The molecule has 1 fully saturated rings. The molecule has 0 amide bonds. The number of ketones is 1. The van der Waals surface area contributed by atoms with Crippen LogP contribution in [0, 0.1) is 19.3 Å². The summed E-state index contributed by atoms with van der Waals surface area (Å²) in [5.74, 6) is 1.45. The Balaban J connectivity index is 1.83. The van der Waals surface area contributed by atoms with Gasteiger partial charge in [-0.25, -0.2) is 4.99 Å². The third-order valence-electron chi connectivity index (χ3n) is 8.05. The number of β-amino-alcohol motifs (C(OH)–C–C–N with tert-alkyl or cyclic N) is 1. The number of dihydropyridines is 1. The molecule has 3 rings (SSSR count). The van der Waals surface area contributed by atoms with Gasteiger partial charge in [-0.05, 0) is 81.5 Å². The molecule has 2 aliphatic heterocycles. The Labute approximate surface area is 229 Å². The zero-order valence-corrected chi connectivity index (χ0v) is 24.2. The fraction of sp³-hybridized carbons (Fsp3) is 0.455. The Morgan fingerprint density at radius 3 is 2.47 bits per heavy atom. The number of hydrogen-bond acceptors (Lipinski definition) is 5. The van der Waals surface area contributed by atoms with Crippen molar-refractivity contribution >= 4 is 17.7 Å². The minimum atomic E-state index is -0.404. The van der Waals surface area contributed by atoms with E-state index in [2.05, 4.69) is 67.2 Å². The van der Waals surface area contributed by atoms with Crippen molar-refractivity contribution in [3.05, 3.63) is 83.1 Å². The topological polar surface area (TPSA) is 62.1 Å². The van der Waals surface area contributed by atoms with Crippen molar-refractivity contribution < 1.29 is 14.6 Å². The van der Waals surface area contributed by atoms with E-state index < -0.39 is 6.10 Å². The summed E-state index contributed by atoms with van der Waals surface area (Å²) in [5, 5.41) is 10.1. The maximum Gasteiger partial charge on any atom is 0.189 e. The first-order valence-corrected chi connectivity index (χ1v) is 13.6. The van der Waals surface area contributed by atoms with E-state index in [9.17, 15) is 9.90 Å². The summed E-state index contributed by atoms with van der Waals surface area (Å²) in [5.41, 5.74) is 4.19. The normalized spacial score (nSPS) is 19.8. The Morgan fingerprint density at radius 2 is 1.89 bits per heavy atom. The number of carbonyl (C=O) groups excluding carboxylic acids is 1. The Hall–Kier alpha value is -3.18. The lowest BCUT2D eigenvalue weighted by atomic mass is 9.75. The largest absolute Gasteiger partial charge is 0.487 e. The zero-order valence-electron chi connectivity index (χ0n) is 24.2. The Kier molecular flexibility index (Phi) is 9.37. The predicted octanol–water partition coefficient (Wildman–Crippen LogP) is 6.90. The van der Waals surface area contributed by atoms with E-state index >= 15 is 0 Å². The van der Waals surface area contributed by atoms with Crippen LogP contribution >= 0.6 is 0 Å². The first-order valence-electron chi connectivity index (χ1n) is 13.6. The number of allylic oxidation sites excluding steroid dienone is 6. The van der Waals surface area contributed by atoms with Crippen LogP contribution in [-0.4, -0.2) is 46.4 Å². The number of aliphatic hydroxyl groups excluding tert-OH is 1. The molecule has 1 saturated heterocycles. The lowest BCUT2D eigenvalue weighted by molar-refractivity contribution is -0.110. The van der Waals surface area contributed by atoms with Crippen molar-refractivity contribution in [2.24, 2.45) is 10.4 Å². The second kappa shape index (κ2) is 12.1. The van der Waals surface area contributed by atoms with E-state index in [1.807, 2.05) is 35.3 Å². The van der Waals surface area contributed by atoms with Crippen LogP contribution in [0.3, 0.4) is 0 Å². The molecule has 5 heteroatoms. The van der Waals surface area contributed by atoms with Gasteiger partial charge in [0.25, 0.3) is 0 Å². The SMILES string of the molecule is C=C/C=C\C=C1/CC=C(C(=O)/C=C/c2cc(C)c(OC(C)(C)C(C)(C)CC)c(C)c2)C(N2CCC(O)C2)=N1. The number of hydrogen-bond donors (Lipinski definition) is 1. The van der Waals surface area contributed by atoms with E-state index in [1.54, 1.807) is 12.2 Å². The number of benzene rings is 1. The van der Waals surface area contributed by atoms with Gasteiger partial charge in [0.1, 0.15) is 17.2 Å². The summed E-state index contributed by atoms with van der Waals surface area (Å²) in [6.07, 6.45) is 14.7. The minimum Gasteiger partial charge on any atom is -0.487 e. The molecule has 38 heavy (non-hydrogen) atoms. The molecule has 1 aromatic rings. The molecule has 0 saturated carbocycles. The summed E-state index contributed by atoms with van der Waals surface area (Å²) in [7, 11) is 0. The van der Waals surface area contributed by atoms with Gasteiger partial charge in [0, 0.05) is 30.6 Å². The zero-order chi connectivity index (χ0) is 28.1. The molecule has 5 nitrogen and oxygen atoms in total. The van der Waals surface area contributed by atoms with Crippen molar-refractivity contribution in [3.63, 3.8) is 0 Å². The highest BCUT2D eigenvalue weighted by molar-refractivity contribution is 6.26. The second-order valence-corrected chi connectivity index (χ2v) is 11.5. The molecule has 1 N–H and O–H groups in total. The van der Waals surface area contributed by atoms with Crippen molar-refractivity contribution in [1.82, 2.24) is 4.90 Å². The highest BCUT2D eigenvalue weighted by atomic mass is 16.5. The number of aliphatic hydroxyl groups is 1. The highest BCUT2D eigenvalue weighted by Crippen LogP contribution is 2.39. The Morgan fingerprint density at radius 1 is 1.21 bits per heavy atom. The number of carbonyl (C=O) groups is 1. The van der Waals surface area contributed by atoms with Crippen LogP contribution in [0.5, 0.6) is 5.75 Å². The van der Waals surface area contributed by atoms with E-state index in [0.29, 0.717) is 37.3 Å². The van der Waals surface area contributed by atoms with Crippen LogP contribution in [0.4, 0.5) is 0 Å². The summed E-state index contributed by atoms with van der Waals surface area (Å²) in [6.45, 7) is 19.9. The molecule has 2 aliphatic rings. The van der Waals surface area contributed by atoms with E-state index in [0.717, 1.165) is 34.6 Å². The number of nitrogens with zero attached hydrogens (tertiary/aromatic N) is 2. The van der Waals surface area contributed by atoms with Gasteiger partial charge >= 0.3 is 0 Å². The van der Waals surface area contributed by atoms with Crippen molar-refractivity contribution in [1.29, 1.82) is 0 Å². The standard InChI is InChI=1S/C33H44N2O3/c1-9-11-12-13-26-15-16-28(31(34-26)35-19-18-27(36)22-35)29(37)17-14-25-20-23(3)30(24(4)21-25)38-33(7,8)32(5,6)10-2/h9,11-14,16-17,20-21,27,36H,1,10,15,18-19,22H2,2-8H3/b12-11-,17-14+,26-13+. The van der Waals surface area contributed by atoms with Gasteiger partial charge in [-0.2, -0.15) is 0 Å². The van der Waals surface area contributed by atoms with Crippen LogP contribution in [0.15, 0.2) is 71.4 Å². The molecule has 0 radical (unpaired) electrons. The molecule has 0 aromatic heterocycles. The van der Waals surface area contributed by atoms with Gasteiger partial charge in [0.05, 0.1) is 11.7 Å². The second-order valence-electron chi connectivity index (χ2n) is 11.5. The monoisotopic (exact) mass is 516 g/mol. The van der Waals surface area contributed by atoms with Crippen LogP contribution < -0.4 is 4.74 Å². The maximum atomic E-state index is 13.4. The summed E-state index contributed by atoms with van der Waals surface area (Å²) < 4.78 is 6.56. The molecule has 2 heterocycles. The number of likely N-dealkylation sites (tertiary alicyclic amines) is 1. The minimum absolute atomic E-state index is 0.0201. The van der Waals surface area contributed by atoms with Gasteiger partial charge in [0.15, 0.2) is 5.78 Å². The number of ether oxygens (including phenoxy) is 1. The lowest BCUT2D eigenvalue weighted by Gasteiger charge is -2.42. The average Bonchev–Trinajstić information content (AvgIpc) is 3.31. The van der Waals surface area contributed by atoms with Gasteiger partial charge in [0.2, 0.25) is 0 Å². The predicted molar refractivity (Wildman–Crippen MR) is 158 cm³/mol. The molecule has 0 bridgehead atoms. The number of aliphatic imine (C=N–C) groups is 1. The van der Waals surface area contributed by atoms with Crippen molar-refractivity contribution in [3.8, 4) is 5.75 Å². The third kappa shape index (κ3) is 6.82. The Bertz CT molecular complexity index is 1190. The summed E-state index contributed by atoms with van der Waals surface area (Å²) >= 11 is 0. The van der Waals surface area contributed by atoms with Gasteiger partial charge < -0.3 is 14.7 Å². The molecule has 204 valence electrons. The van der Waals surface area contributed by atoms with Crippen molar-refractivity contribution in [2.75, 3.05) is 13.1 Å². The molecular weight excluding hydrogens is 472 g/mol. The molecule has 0 aliphatic carbocycles. The number of amidine groups is 1. The average molecular weight is 517 g/mol. The van der Waals surface area contributed by atoms with Gasteiger partial charge in [-0.3, -0.25) is 4.79 Å². The lowest BCUT2D eigenvalue weighted by Crippen LogP contribution is -2.44. The molecule has 1 aromatic carbocycles. The highest BCUT2D eigenvalue weighted by Gasteiger charge is 2.38.